The average molecular weight is 292 g/mol. The minimum absolute atomic E-state index is 0.0291. The van der Waals surface area contributed by atoms with Crippen LogP contribution in [0.4, 0.5) is 0 Å². The Morgan fingerprint density at radius 2 is 2.00 bits per heavy atom. The van der Waals surface area contributed by atoms with E-state index >= 15 is 0 Å². The number of aryl methyl sites for hydroxylation is 2. The number of nitrogens with one attached hydrogen (secondary N) is 1. The predicted octanol–water partition coefficient (Wildman–Crippen LogP) is 1.95. The summed E-state index contributed by atoms with van der Waals surface area (Å²) >= 11 is 0. The number of rotatable bonds is 5. The van der Waals surface area contributed by atoms with E-state index in [9.17, 15) is 4.79 Å². The van der Waals surface area contributed by atoms with Crippen LogP contribution < -0.4 is 11.1 Å². The maximum absolute atomic E-state index is 12.3. The van der Waals surface area contributed by atoms with Crippen LogP contribution in [0.3, 0.4) is 0 Å². The summed E-state index contributed by atoms with van der Waals surface area (Å²) in [7, 11) is 1.93. The van der Waals surface area contributed by atoms with Gasteiger partial charge in [0.25, 0.3) is 0 Å². The van der Waals surface area contributed by atoms with Crippen molar-refractivity contribution in [2.75, 3.05) is 6.54 Å². The summed E-state index contributed by atoms with van der Waals surface area (Å²) in [5.74, 6) is 0.116. The van der Waals surface area contributed by atoms with Gasteiger partial charge in [0.05, 0.1) is 5.69 Å². The average Bonchev–Trinajstić information content (AvgIpc) is 2.71. The number of aromatic nitrogens is 2. The van der Waals surface area contributed by atoms with Crippen molar-refractivity contribution < 1.29 is 4.79 Å². The highest BCUT2D eigenvalue weighted by Gasteiger charge is 2.32. The van der Waals surface area contributed by atoms with Crippen LogP contribution in [0.25, 0.3) is 0 Å². The van der Waals surface area contributed by atoms with Crippen molar-refractivity contribution in [3.8, 4) is 0 Å². The smallest absolute Gasteiger partial charge is 0.220 e. The SMILES string of the molecule is Cc1nn(C)c(C)c1CNC(=O)CC1(CN)CCCCC1. The van der Waals surface area contributed by atoms with Gasteiger partial charge in [0, 0.05) is 31.3 Å². The number of carbonyl (C=O) groups excluding carboxylic acids is 1. The Kier molecular flexibility index (Phi) is 5.04. The van der Waals surface area contributed by atoms with Gasteiger partial charge in [-0.1, -0.05) is 19.3 Å². The number of nitrogens with two attached hydrogens (primary N) is 1. The third kappa shape index (κ3) is 3.64. The lowest BCUT2D eigenvalue weighted by Gasteiger charge is -2.35. The zero-order valence-corrected chi connectivity index (χ0v) is 13.5. The van der Waals surface area contributed by atoms with Gasteiger partial charge in [0.2, 0.25) is 5.91 Å². The van der Waals surface area contributed by atoms with E-state index in [-0.39, 0.29) is 11.3 Å². The molecule has 0 aromatic carbocycles. The molecule has 0 atom stereocenters. The van der Waals surface area contributed by atoms with Gasteiger partial charge >= 0.3 is 0 Å². The second-order valence-corrected chi connectivity index (χ2v) is 6.49. The summed E-state index contributed by atoms with van der Waals surface area (Å²) in [5, 5.41) is 7.43. The molecule has 0 radical (unpaired) electrons. The van der Waals surface area contributed by atoms with Gasteiger partial charge in [0.15, 0.2) is 0 Å². The van der Waals surface area contributed by atoms with Crippen molar-refractivity contribution in [2.24, 2.45) is 18.2 Å². The zero-order chi connectivity index (χ0) is 15.5. The van der Waals surface area contributed by atoms with Crippen molar-refractivity contribution in [1.82, 2.24) is 15.1 Å². The van der Waals surface area contributed by atoms with E-state index in [1.165, 1.54) is 19.3 Å². The van der Waals surface area contributed by atoms with Crippen LogP contribution in [-0.2, 0) is 18.4 Å². The van der Waals surface area contributed by atoms with Gasteiger partial charge in [-0.05, 0) is 38.6 Å². The molecule has 0 aliphatic heterocycles. The minimum Gasteiger partial charge on any atom is -0.352 e. The molecule has 3 N–H and O–H groups in total. The normalized spacial score (nSPS) is 17.7. The molecule has 1 amide bonds. The summed E-state index contributed by atoms with van der Waals surface area (Å²) in [4.78, 5) is 12.3. The van der Waals surface area contributed by atoms with Gasteiger partial charge in [0.1, 0.15) is 0 Å². The van der Waals surface area contributed by atoms with Crippen LogP contribution in [-0.4, -0.2) is 22.2 Å². The van der Waals surface area contributed by atoms with E-state index in [0.29, 0.717) is 19.5 Å². The Hall–Kier alpha value is -1.36. The number of amides is 1. The Balaban J connectivity index is 1.92. The lowest BCUT2D eigenvalue weighted by atomic mass is 9.71. The van der Waals surface area contributed by atoms with E-state index in [1.807, 2.05) is 25.6 Å². The molecule has 1 saturated carbocycles. The van der Waals surface area contributed by atoms with Crippen LogP contribution in [0.2, 0.25) is 0 Å². The van der Waals surface area contributed by atoms with E-state index in [1.54, 1.807) is 0 Å². The molecule has 1 aromatic rings. The molecule has 1 aliphatic carbocycles. The summed E-state index contributed by atoms with van der Waals surface area (Å²) < 4.78 is 1.86. The molecule has 1 heterocycles. The van der Waals surface area contributed by atoms with E-state index in [4.69, 9.17) is 5.73 Å². The molecule has 1 aliphatic rings. The van der Waals surface area contributed by atoms with Gasteiger partial charge in [-0.25, -0.2) is 0 Å². The summed E-state index contributed by atoms with van der Waals surface area (Å²) in [6.45, 7) is 5.19. The van der Waals surface area contributed by atoms with E-state index in [2.05, 4.69) is 10.4 Å². The summed E-state index contributed by atoms with van der Waals surface area (Å²) in [6, 6.07) is 0. The van der Waals surface area contributed by atoms with Crippen molar-refractivity contribution in [1.29, 1.82) is 0 Å². The highest BCUT2D eigenvalue weighted by atomic mass is 16.1. The van der Waals surface area contributed by atoms with Crippen LogP contribution in [0.5, 0.6) is 0 Å². The topological polar surface area (TPSA) is 72.9 Å². The first-order chi connectivity index (χ1) is 9.97. The molecule has 1 aromatic heterocycles. The van der Waals surface area contributed by atoms with Crippen molar-refractivity contribution >= 4 is 5.91 Å². The van der Waals surface area contributed by atoms with Crippen molar-refractivity contribution in [2.45, 2.75) is 58.9 Å². The largest absolute Gasteiger partial charge is 0.352 e. The molecule has 1 fully saturated rings. The Bertz CT molecular complexity index is 501. The Morgan fingerprint density at radius 1 is 1.33 bits per heavy atom. The molecule has 0 bridgehead atoms. The first kappa shape index (κ1) is 16.0. The second kappa shape index (κ2) is 6.60. The third-order valence-corrected chi connectivity index (χ3v) is 5.00. The molecular formula is C16H28N4O. The van der Waals surface area contributed by atoms with Gasteiger partial charge < -0.3 is 11.1 Å². The van der Waals surface area contributed by atoms with E-state index < -0.39 is 0 Å². The van der Waals surface area contributed by atoms with Crippen molar-refractivity contribution in [3.63, 3.8) is 0 Å². The maximum Gasteiger partial charge on any atom is 0.220 e. The molecule has 21 heavy (non-hydrogen) atoms. The standard InChI is InChI=1S/C16H28N4O/c1-12-14(13(2)20(3)19-12)10-18-15(21)9-16(11-17)7-5-4-6-8-16/h4-11,17H2,1-3H3,(H,18,21). The fourth-order valence-corrected chi connectivity index (χ4v) is 3.42. The van der Waals surface area contributed by atoms with Crippen LogP contribution in [0, 0.1) is 19.3 Å². The molecule has 5 heteroatoms. The molecule has 2 rings (SSSR count). The predicted molar refractivity (Wildman–Crippen MR) is 83.7 cm³/mol. The molecule has 0 spiro atoms. The molecule has 0 unspecified atom stereocenters. The van der Waals surface area contributed by atoms with Gasteiger partial charge in [-0.15, -0.1) is 0 Å². The fraction of sp³-hybridized carbons (Fsp3) is 0.750. The van der Waals surface area contributed by atoms with Crippen LogP contribution >= 0.6 is 0 Å². The number of carbonyl (C=O) groups is 1. The number of nitrogens with zero attached hydrogens (tertiary/aromatic N) is 2. The van der Waals surface area contributed by atoms with Crippen molar-refractivity contribution in [3.05, 3.63) is 17.0 Å². The monoisotopic (exact) mass is 292 g/mol. The summed E-state index contributed by atoms with van der Waals surface area (Å²) in [6.07, 6.45) is 6.40. The third-order valence-electron chi connectivity index (χ3n) is 5.00. The highest BCUT2D eigenvalue weighted by Crippen LogP contribution is 2.38. The van der Waals surface area contributed by atoms with Gasteiger partial charge in [-0.3, -0.25) is 9.48 Å². The molecule has 0 saturated heterocycles. The first-order valence-corrected chi connectivity index (χ1v) is 7.93. The molecular weight excluding hydrogens is 264 g/mol. The maximum atomic E-state index is 12.3. The number of hydrogen-bond acceptors (Lipinski definition) is 3. The van der Waals surface area contributed by atoms with Gasteiger partial charge in [-0.2, -0.15) is 5.10 Å². The Labute approximate surface area is 127 Å². The molecule has 5 nitrogen and oxygen atoms in total. The lowest BCUT2D eigenvalue weighted by Crippen LogP contribution is -2.38. The molecule has 118 valence electrons. The lowest BCUT2D eigenvalue weighted by molar-refractivity contribution is -0.124. The quantitative estimate of drug-likeness (QED) is 0.871. The fourth-order valence-electron chi connectivity index (χ4n) is 3.42. The highest BCUT2D eigenvalue weighted by molar-refractivity contribution is 5.76. The van der Waals surface area contributed by atoms with E-state index in [0.717, 1.165) is 29.8 Å². The number of hydrogen-bond donors (Lipinski definition) is 2. The first-order valence-electron chi connectivity index (χ1n) is 7.93. The van der Waals surface area contributed by atoms with Crippen LogP contribution in [0.1, 0.15) is 55.5 Å². The zero-order valence-electron chi connectivity index (χ0n) is 13.5. The summed E-state index contributed by atoms with van der Waals surface area (Å²) in [5.41, 5.74) is 9.20. The minimum atomic E-state index is 0.0291. The Morgan fingerprint density at radius 3 is 2.52 bits per heavy atom. The van der Waals surface area contributed by atoms with Crippen LogP contribution in [0.15, 0.2) is 0 Å². The second-order valence-electron chi connectivity index (χ2n) is 6.49.